The number of unbranched alkanes of at least 4 members (excludes halogenated alkanes) is 22. The van der Waals surface area contributed by atoms with Crippen molar-refractivity contribution in [3.63, 3.8) is 0 Å². The Labute approximate surface area is 234 Å². The van der Waals surface area contributed by atoms with Crippen LogP contribution in [0.1, 0.15) is 192 Å². The first kappa shape index (κ1) is 34.2. The lowest BCUT2D eigenvalue weighted by Crippen LogP contribution is -2.34. The van der Waals surface area contributed by atoms with E-state index in [1.807, 2.05) is 0 Å². The molecule has 0 aliphatic rings. The maximum atomic E-state index is 2.54. The van der Waals surface area contributed by atoms with Gasteiger partial charge in [-0.1, -0.05) is 156 Å². The Hall–Kier alpha value is -0.850. The zero-order valence-electron chi connectivity index (χ0n) is 26.0. The summed E-state index contributed by atoms with van der Waals surface area (Å²) in [5.41, 5.74) is 3.16. The van der Waals surface area contributed by atoms with Gasteiger partial charge in [-0.3, -0.25) is 0 Å². The molecule has 0 aliphatic carbocycles. The molecule has 1 nitrogen and oxygen atoms in total. The van der Waals surface area contributed by atoms with Crippen molar-refractivity contribution in [1.29, 1.82) is 0 Å². The minimum absolute atomic E-state index is 1.21. The lowest BCUT2D eigenvalue weighted by Gasteiger charge is -2.07. The van der Waals surface area contributed by atoms with Crippen LogP contribution in [0.5, 0.6) is 0 Å². The van der Waals surface area contributed by atoms with Crippen LogP contribution in [0, 0.1) is 0 Å². The highest BCUT2D eigenvalue weighted by Gasteiger charge is 2.08. The van der Waals surface area contributed by atoms with Gasteiger partial charge < -0.3 is 0 Å². The van der Waals surface area contributed by atoms with E-state index in [2.05, 4.69) is 43.8 Å². The predicted molar refractivity (Wildman–Crippen MR) is 166 cm³/mol. The molecule has 1 rings (SSSR count). The molecule has 0 saturated carbocycles. The van der Waals surface area contributed by atoms with E-state index in [4.69, 9.17) is 0 Å². The highest BCUT2D eigenvalue weighted by molar-refractivity contribution is 5.15. The zero-order valence-corrected chi connectivity index (χ0v) is 26.0. The minimum Gasteiger partial charge on any atom is -0.205 e. The van der Waals surface area contributed by atoms with Gasteiger partial charge in [0.1, 0.15) is 6.54 Å². The Balaban J connectivity index is 2.11. The van der Waals surface area contributed by atoms with Crippen molar-refractivity contribution < 1.29 is 4.57 Å². The Bertz CT molecular complexity index is 562. The fourth-order valence-electron chi connectivity index (χ4n) is 5.71. The third-order valence-corrected chi connectivity index (χ3v) is 8.19. The molecule has 1 aromatic rings. The summed E-state index contributed by atoms with van der Waals surface area (Å²) in [4.78, 5) is 0. The van der Waals surface area contributed by atoms with Gasteiger partial charge in [0.05, 0.1) is 0 Å². The molecule has 0 spiro atoms. The SMILES string of the molecule is CCCCCCCCCCCCCCCCCCC[n+]1cc(CCCCCC)cc(CCCCCC)c1. The van der Waals surface area contributed by atoms with E-state index < -0.39 is 0 Å². The molecule has 0 saturated heterocycles. The van der Waals surface area contributed by atoms with Crippen LogP contribution >= 0.6 is 0 Å². The van der Waals surface area contributed by atoms with Gasteiger partial charge in [-0.05, 0) is 38.2 Å². The summed E-state index contributed by atoms with van der Waals surface area (Å²) >= 11 is 0. The second kappa shape index (κ2) is 26.7. The smallest absolute Gasteiger partial charge is 0.171 e. The first-order valence-electron chi connectivity index (χ1n) is 17.3. The highest BCUT2D eigenvalue weighted by Crippen LogP contribution is 2.15. The Kier molecular flexibility index (Phi) is 24.7. The summed E-state index contributed by atoms with van der Waals surface area (Å²) in [5.74, 6) is 0. The molecule has 0 radical (unpaired) electrons. The van der Waals surface area contributed by atoms with E-state index in [1.165, 1.54) is 180 Å². The zero-order chi connectivity index (χ0) is 26.7. The van der Waals surface area contributed by atoms with E-state index in [9.17, 15) is 0 Å². The van der Waals surface area contributed by atoms with Gasteiger partial charge in [-0.25, -0.2) is 4.57 Å². The molecule has 0 atom stereocenters. The van der Waals surface area contributed by atoms with Crippen LogP contribution in [0.15, 0.2) is 18.5 Å². The Morgan fingerprint density at radius 1 is 0.378 bits per heavy atom. The Morgan fingerprint density at radius 2 is 0.676 bits per heavy atom. The van der Waals surface area contributed by atoms with E-state index in [0.29, 0.717) is 0 Å². The van der Waals surface area contributed by atoms with Gasteiger partial charge in [0.25, 0.3) is 0 Å². The van der Waals surface area contributed by atoms with Crippen molar-refractivity contribution in [2.45, 2.75) is 201 Å². The van der Waals surface area contributed by atoms with E-state index in [0.717, 1.165) is 0 Å². The number of aryl methyl sites for hydroxylation is 3. The molecule has 216 valence electrons. The van der Waals surface area contributed by atoms with Crippen LogP contribution in [0.2, 0.25) is 0 Å². The third kappa shape index (κ3) is 21.7. The van der Waals surface area contributed by atoms with Gasteiger partial charge in [0.15, 0.2) is 12.4 Å². The summed E-state index contributed by atoms with van der Waals surface area (Å²) in [6.07, 6.45) is 43.0. The molecular formula is C36H68N+. The van der Waals surface area contributed by atoms with Crippen LogP contribution in [0.25, 0.3) is 0 Å². The second-order valence-corrected chi connectivity index (χ2v) is 12.1. The van der Waals surface area contributed by atoms with Crippen molar-refractivity contribution in [3.05, 3.63) is 29.6 Å². The summed E-state index contributed by atoms with van der Waals surface area (Å²) < 4.78 is 2.54. The Morgan fingerprint density at radius 3 is 1.03 bits per heavy atom. The van der Waals surface area contributed by atoms with Gasteiger partial charge in [0.2, 0.25) is 0 Å². The molecule has 1 heteroatoms. The average Bonchev–Trinajstić information content (AvgIpc) is 2.91. The molecule has 0 aliphatic heterocycles. The van der Waals surface area contributed by atoms with Crippen LogP contribution in [0.3, 0.4) is 0 Å². The molecule has 0 bridgehead atoms. The molecule has 0 N–H and O–H groups in total. The molecule has 0 aromatic carbocycles. The monoisotopic (exact) mass is 515 g/mol. The predicted octanol–water partition coefficient (Wildman–Crippen LogP) is 11.9. The van der Waals surface area contributed by atoms with Crippen molar-refractivity contribution in [2.24, 2.45) is 0 Å². The van der Waals surface area contributed by atoms with Crippen molar-refractivity contribution in [1.82, 2.24) is 0 Å². The maximum absolute atomic E-state index is 2.54. The first-order valence-corrected chi connectivity index (χ1v) is 17.3. The average molecular weight is 515 g/mol. The van der Waals surface area contributed by atoms with Crippen LogP contribution in [-0.4, -0.2) is 0 Å². The molecule has 1 heterocycles. The van der Waals surface area contributed by atoms with Crippen LogP contribution in [-0.2, 0) is 19.4 Å². The van der Waals surface area contributed by atoms with E-state index in [1.54, 1.807) is 11.1 Å². The number of hydrogen-bond donors (Lipinski definition) is 0. The maximum Gasteiger partial charge on any atom is 0.171 e. The first-order chi connectivity index (χ1) is 18.3. The summed E-state index contributed by atoms with van der Waals surface area (Å²) in [6.45, 7) is 8.14. The third-order valence-electron chi connectivity index (χ3n) is 8.19. The van der Waals surface area contributed by atoms with Crippen molar-refractivity contribution in [3.8, 4) is 0 Å². The number of hydrogen-bond acceptors (Lipinski definition) is 0. The quantitative estimate of drug-likeness (QED) is 0.0773. The van der Waals surface area contributed by atoms with Gasteiger partial charge in [0, 0.05) is 17.5 Å². The summed E-state index contributed by atoms with van der Waals surface area (Å²) in [6, 6.07) is 2.52. The van der Waals surface area contributed by atoms with Gasteiger partial charge in [-0.15, -0.1) is 0 Å². The minimum atomic E-state index is 1.21. The van der Waals surface area contributed by atoms with E-state index >= 15 is 0 Å². The van der Waals surface area contributed by atoms with E-state index in [-0.39, 0.29) is 0 Å². The van der Waals surface area contributed by atoms with Crippen molar-refractivity contribution >= 4 is 0 Å². The number of rotatable bonds is 28. The summed E-state index contributed by atoms with van der Waals surface area (Å²) in [7, 11) is 0. The normalized spacial score (nSPS) is 11.4. The number of aromatic nitrogens is 1. The molecule has 0 fully saturated rings. The van der Waals surface area contributed by atoms with Gasteiger partial charge in [-0.2, -0.15) is 0 Å². The fraction of sp³-hybridized carbons (Fsp3) is 0.861. The largest absolute Gasteiger partial charge is 0.205 e. The standard InChI is InChI=1S/C36H68N/c1-4-7-10-13-14-15-16-17-18-19-20-21-22-23-24-25-28-31-37-33-35(29-26-11-8-5-2)32-36(34-37)30-27-12-9-6-3/h32-34H,4-31H2,1-3H3/q+1. The molecular weight excluding hydrogens is 446 g/mol. The second-order valence-electron chi connectivity index (χ2n) is 12.1. The lowest BCUT2D eigenvalue weighted by molar-refractivity contribution is -0.698. The van der Waals surface area contributed by atoms with Crippen LogP contribution < -0.4 is 4.57 Å². The molecule has 1 aromatic heterocycles. The van der Waals surface area contributed by atoms with Gasteiger partial charge >= 0.3 is 0 Å². The van der Waals surface area contributed by atoms with Crippen LogP contribution in [0.4, 0.5) is 0 Å². The topological polar surface area (TPSA) is 3.88 Å². The molecule has 37 heavy (non-hydrogen) atoms. The highest BCUT2D eigenvalue weighted by atomic mass is 14.9. The molecule has 0 amide bonds. The number of pyridine rings is 1. The molecule has 0 unspecified atom stereocenters. The lowest BCUT2D eigenvalue weighted by atomic mass is 10.0. The fourth-order valence-corrected chi connectivity index (χ4v) is 5.71. The van der Waals surface area contributed by atoms with Crippen molar-refractivity contribution in [2.75, 3.05) is 0 Å². The number of nitrogens with zero attached hydrogens (tertiary/aromatic N) is 1. The summed E-state index contributed by atoms with van der Waals surface area (Å²) in [5, 5.41) is 0.